The first-order valence-electron chi connectivity index (χ1n) is 7.33. The van der Waals surface area contributed by atoms with E-state index in [1.165, 1.54) is 18.3 Å². The van der Waals surface area contributed by atoms with Crippen LogP contribution in [0.2, 0.25) is 5.15 Å². The molecular weight excluding hydrogens is 330 g/mol. The van der Waals surface area contributed by atoms with Gasteiger partial charge in [0.05, 0.1) is 5.56 Å². The van der Waals surface area contributed by atoms with Crippen molar-refractivity contribution in [1.82, 2.24) is 15.8 Å². The molecule has 1 aromatic carbocycles. The summed E-state index contributed by atoms with van der Waals surface area (Å²) in [7, 11) is 0. The zero-order chi connectivity index (χ0) is 17.7. The van der Waals surface area contributed by atoms with Gasteiger partial charge in [0.25, 0.3) is 11.8 Å². The van der Waals surface area contributed by atoms with Crippen molar-refractivity contribution in [2.24, 2.45) is 0 Å². The molecule has 0 unspecified atom stereocenters. The van der Waals surface area contributed by atoms with Crippen LogP contribution in [0.15, 0.2) is 36.5 Å². The molecule has 0 saturated heterocycles. The van der Waals surface area contributed by atoms with E-state index in [2.05, 4.69) is 15.8 Å². The Morgan fingerprint density at radius 3 is 2.58 bits per heavy atom. The zero-order valence-corrected chi connectivity index (χ0v) is 14.3. The van der Waals surface area contributed by atoms with Gasteiger partial charge in [-0.15, -0.1) is 0 Å². The van der Waals surface area contributed by atoms with Crippen LogP contribution in [-0.2, 0) is 4.79 Å². The summed E-state index contributed by atoms with van der Waals surface area (Å²) in [6, 6.07) is 8.62. The fourth-order valence-corrected chi connectivity index (χ4v) is 2.01. The van der Waals surface area contributed by atoms with E-state index in [1.54, 1.807) is 13.0 Å². The highest BCUT2D eigenvalue weighted by atomic mass is 35.5. The first-order chi connectivity index (χ1) is 11.4. The van der Waals surface area contributed by atoms with Crippen LogP contribution in [0.3, 0.4) is 0 Å². The molecule has 24 heavy (non-hydrogen) atoms. The lowest BCUT2D eigenvalue weighted by Gasteiger charge is -2.17. The molecule has 0 aliphatic heterocycles. The Morgan fingerprint density at radius 2 is 1.92 bits per heavy atom. The molecule has 2 N–H and O–H groups in total. The third-order valence-electron chi connectivity index (χ3n) is 3.52. The molecule has 6 nitrogen and oxygen atoms in total. The molecule has 0 saturated carbocycles. The highest BCUT2D eigenvalue weighted by Crippen LogP contribution is 2.21. The summed E-state index contributed by atoms with van der Waals surface area (Å²) in [5, 5.41) is 0.283. The van der Waals surface area contributed by atoms with Crippen molar-refractivity contribution in [3.05, 3.63) is 58.4 Å². The summed E-state index contributed by atoms with van der Waals surface area (Å²) in [4.78, 5) is 27.7. The SMILES string of the molecule is Cc1cccc(O[C@@H](C)C(=O)NNC(=O)c2ccc(Cl)nc2)c1C. The van der Waals surface area contributed by atoms with Crippen molar-refractivity contribution in [3.63, 3.8) is 0 Å². The van der Waals surface area contributed by atoms with Crippen LogP contribution < -0.4 is 15.6 Å². The Kier molecular flexibility index (Phi) is 5.76. The van der Waals surface area contributed by atoms with Crippen LogP contribution in [0.5, 0.6) is 5.75 Å². The van der Waals surface area contributed by atoms with Gasteiger partial charge in [-0.2, -0.15) is 0 Å². The Balaban J connectivity index is 1.91. The highest BCUT2D eigenvalue weighted by molar-refractivity contribution is 6.29. The lowest BCUT2D eigenvalue weighted by Crippen LogP contribution is -2.47. The summed E-state index contributed by atoms with van der Waals surface area (Å²) in [5.41, 5.74) is 6.95. The van der Waals surface area contributed by atoms with E-state index >= 15 is 0 Å². The number of halogens is 1. The number of benzene rings is 1. The number of carbonyl (C=O) groups excluding carboxylic acids is 2. The molecule has 0 spiro atoms. The predicted octanol–water partition coefficient (Wildman–Crippen LogP) is 2.58. The van der Waals surface area contributed by atoms with Crippen molar-refractivity contribution in [2.75, 3.05) is 0 Å². The number of ether oxygens (including phenoxy) is 1. The van der Waals surface area contributed by atoms with Crippen LogP contribution in [-0.4, -0.2) is 22.9 Å². The van der Waals surface area contributed by atoms with E-state index in [9.17, 15) is 9.59 Å². The highest BCUT2D eigenvalue weighted by Gasteiger charge is 2.17. The molecule has 1 heterocycles. The number of amides is 2. The van der Waals surface area contributed by atoms with Crippen LogP contribution in [0.4, 0.5) is 0 Å². The van der Waals surface area contributed by atoms with Crippen molar-refractivity contribution >= 4 is 23.4 Å². The Morgan fingerprint density at radius 1 is 1.17 bits per heavy atom. The molecule has 0 fully saturated rings. The van der Waals surface area contributed by atoms with Crippen molar-refractivity contribution in [2.45, 2.75) is 26.9 Å². The molecule has 0 bridgehead atoms. The minimum atomic E-state index is -0.769. The Hall–Kier alpha value is -2.60. The maximum atomic E-state index is 12.0. The monoisotopic (exact) mass is 347 g/mol. The first-order valence-corrected chi connectivity index (χ1v) is 7.71. The average Bonchev–Trinajstić information content (AvgIpc) is 2.57. The summed E-state index contributed by atoms with van der Waals surface area (Å²) in [6.45, 7) is 5.49. The second-order valence-corrected chi connectivity index (χ2v) is 5.66. The van der Waals surface area contributed by atoms with Gasteiger partial charge in [-0.3, -0.25) is 20.4 Å². The van der Waals surface area contributed by atoms with E-state index in [-0.39, 0.29) is 10.7 Å². The molecule has 0 radical (unpaired) electrons. The van der Waals surface area contributed by atoms with Gasteiger partial charge in [-0.25, -0.2) is 4.98 Å². The lowest BCUT2D eigenvalue weighted by molar-refractivity contribution is -0.128. The molecule has 1 aromatic heterocycles. The maximum Gasteiger partial charge on any atom is 0.279 e. The second kappa shape index (κ2) is 7.79. The smallest absolute Gasteiger partial charge is 0.279 e. The number of hydrazine groups is 1. The molecule has 2 rings (SSSR count). The van der Waals surface area contributed by atoms with Crippen LogP contribution >= 0.6 is 11.6 Å². The van der Waals surface area contributed by atoms with E-state index in [0.717, 1.165) is 11.1 Å². The van der Waals surface area contributed by atoms with Crippen LogP contribution in [0, 0.1) is 13.8 Å². The van der Waals surface area contributed by atoms with Gasteiger partial charge in [-0.1, -0.05) is 23.7 Å². The molecule has 1 atom stereocenters. The van der Waals surface area contributed by atoms with Crippen LogP contribution in [0.1, 0.15) is 28.4 Å². The fraction of sp³-hybridized carbons (Fsp3) is 0.235. The Labute approximate surface area is 145 Å². The molecular formula is C17H18ClN3O3. The normalized spacial score (nSPS) is 11.5. The van der Waals surface area contributed by atoms with Crippen LogP contribution in [0.25, 0.3) is 0 Å². The van der Waals surface area contributed by atoms with Gasteiger partial charge in [0.2, 0.25) is 0 Å². The number of pyridine rings is 1. The number of aromatic nitrogens is 1. The molecule has 2 amide bonds. The predicted molar refractivity (Wildman–Crippen MR) is 90.9 cm³/mol. The van der Waals surface area contributed by atoms with E-state index < -0.39 is 17.9 Å². The standard InChI is InChI=1S/C17H18ClN3O3/c1-10-5-4-6-14(11(10)2)24-12(3)16(22)20-21-17(23)13-7-8-15(18)19-9-13/h4-9,12H,1-3H3,(H,20,22)(H,21,23)/t12-/m0/s1. The summed E-state index contributed by atoms with van der Waals surface area (Å²) < 4.78 is 5.65. The molecule has 2 aromatic rings. The number of carbonyl (C=O) groups is 2. The average molecular weight is 348 g/mol. The quantitative estimate of drug-likeness (QED) is 0.658. The van der Waals surface area contributed by atoms with Gasteiger partial charge in [0.15, 0.2) is 6.10 Å². The first kappa shape index (κ1) is 17.7. The summed E-state index contributed by atoms with van der Waals surface area (Å²) in [6.07, 6.45) is 0.550. The summed E-state index contributed by atoms with van der Waals surface area (Å²) >= 11 is 5.66. The van der Waals surface area contributed by atoms with Crippen molar-refractivity contribution in [1.29, 1.82) is 0 Å². The van der Waals surface area contributed by atoms with Gasteiger partial charge >= 0.3 is 0 Å². The molecule has 7 heteroatoms. The number of hydrogen-bond acceptors (Lipinski definition) is 4. The summed E-state index contributed by atoms with van der Waals surface area (Å²) in [5.74, 6) is -0.330. The zero-order valence-electron chi connectivity index (χ0n) is 13.6. The van der Waals surface area contributed by atoms with Gasteiger partial charge < -0.3 is 4.74 Å². The lowest BCUT2D eigenvalue weighted by atomic mass is 10.1. The minimum Gasteiger partial charge on any atom is -0.481 e. The van der Waals surface area contributed by atoms with Crippen molar-refractivity contribution < 1.29 is 14.3 Å². The minimum absolute atomic E-state index is 0.280. The van der Waals surface area contributed by atoms with Gasteiger partial charge in [-0.05, 0) is 50.1 Å². The van der Waals surface area contributed by atoms with E-state index in [4.69, 9.17) is 16.3 Å². The van der Waals surface area contributed by atoms with E-state index in [0.29, 0.717) is 5.75 Å². The fourth-order valence-electron chi connectivity index (χ4n) is 1.90. The third kappa shape index (κ3) is 4.45. The second-order valence-electron chi connectivity index (χ2n) is 5.27. The number of rotatable bonds is 4. The third-order valence-corrected chi connectivity index (χ3v) is 3.74. The maximum absolute atomic E-state index is 12.0. The number of nitrogens with zero attached hydrogens (tertiary/aromatic N) is 1. The molecule has 126 valence electrons. The number of nitrogens with one attached hydrogen (secondary N) is 2. The van der Waals surface area contributed by atoms with E-state index in [1.807, 2.05) is 26.0 Å². The molecule has 0 aliphatic rings. The largest absolute Gasteiger partial charge is 0.481 e. The van der Waals surface area contributed by atoms with Crippen molar-refractivity contribution in [3.8, 4) is 5.75 Å². The number of aryl methyl sites for hydroxylation is 1. The molecule has 0 aliphatic carbocycles. The topological polar surface area (TPSA) is 80.3 Å². The van der Waals surface area contributed by atoms with Gasteiger partial charge in [0.1, 0.15) is 10.9 Å². The van der Waals surface area contributed by atoms with Gasteiger partial charge in [0, 0.05) is 6.20 Å². The number of hydrogen-bond donors (Lipinski definition) is 2. The Bertz CT molecular complexity index is 747.